The zero-order valence-corrected chi connectivity index (χ0v) is 41.9. The van der Waals surface area contributed by atoms with Crippen LogP contribution in [0.5, 0.6) is 28.9 Å². The summed E-state index contributed by atoms with van der Waals surface area (Å²) in [4.78, 5) is 40.3. The summed E-state index contributed by atoms with van der Waals surface area (Å²) in [6.45, 7) is 12.2. The molecule has 0 radical (unpaired) electrons. The van der Waals surface area contributed by atoms with Crippen LogP contribution in [0, 0.1) is 12.8 Å². The number of aromatic nitrogens is 2. The molecule has 0 unspecified atom stereocenters. The van der Waals surface area contributed by atoms with Crippen LogP contribution in [-0.2, 0) is 16.1 Å². The van der Waals surface area contributed by atoms with Crippen LogP contribution in [0.1, 0.15) is 43.2 Å². The van der Waals surface area contributed by atoms with Crippen LogP contribution in [0.2, 0.25) is 0 Å². The van der Waals surface area contributed by atoms with Crippen molar-refractivity contribution in [2.75, 3.05) is 59.0 Å². The second-order valence-electron chi connectivity index (χ2n) is 17.8. The molecular weight excluding hydrogens is 981 g/mol. The normalized spacial score (nSPS) is 17.1. The summed E-state index contributed by atoms with van der Waals surface area (Å²) in [5.41, 5.74) is 5.84. The number of phenols is 1. The van der Waals surface area contributed by atoms with Crippen LogP contribution in [0.15, 0.2) is 112 Å². The Bertz CT molecular complexity index is 2840. The van der Waals surface area contributed by atoms with Gasteiger partial charge < -0.3 is 39.2 Å². The molecule has 69 heavy (non-hydrogen) atoms. The maximum Gasteiger partial charge on any atom is 0.254 e. The van der Waals surface area contributed by atoms with E-state index in [-0.39, 0.29) is 36.4 Å². The van der Waals surface area contributed by atoms with E-state index in [4.69, 9.17) is 18.7 Å². The first-order valence-electron chi connectivity index (χ1n) is 23.2. The third-order valence-corrected chi connectivity index (χ3v) is 15.3. The Morgan fingerprint density at radius 3 is 2.22 bits per heavy atom. The maximum atomic E-state index is 14.1. The topological polar surface area (TPSA) is 163 Å². The quantitative estimate of drug-likeness (QED) is 0.0748. The van der Waals surface area contributed by atoms with Crippen molar-refractivity contribution in [1.29, 1.82) is 0 Å². The number of fused-ring (bicyclic) bond motifs is 1. The summed E-state index contributed by atoms with van der Waals surface area (Å²) in [6, 6.07) is 30.0. The Labute approximate surface area is 417 Å². The molecule has 2 saturated heterocycles. The number of amides is 2. The molecule has 2 aliphatic heterocycles. The highest BCUT2D eigenvalue weighted by Gasteiger charge is 2.43. The largest absolute Gasteiger partial charge is 0.508 e. The Hall–Kier alpha value is -5.82. The number of nitrogens with one attached hydrogen (secondary N) is 1. The van der Waals surface area contributed by atoms with Gasteiger partial charge in [0.25, 0.3) is 5.88 Å². The lowest BCUT2D eigenvalue weighted by molar-refractivity contribution is -0.141. The molecule has 17 heteroatoms. The van der Waals surface area contributed by atoms with E-state index in [9.17, 15) is 19.8 Å². The molecule has 0 aliphatic carbocycles. The maximum absolute atomic E-state index is 14.1. The summed E-state index contributed by atoms with van der Waals surface area (Å²) in [5, 5.41) is 28.8. The summed E-state index contributed by atoms with van der Waals surface area (Å²) >= 11 is 6.70. The number of hydrogen-bond donors (Lipinski definition) is 3. The number of β-amino-alcohol motifs (C(OH)–C–C–N with tert-alkyl or cyclic N) is 1. The number of ether oxygens (including phenoxy) is 3. The van der Waals surface area contributed by atoms with Gasteiger partial charge in [0.2, 0.25) is 11.8 Å². The lowest BCUT2D eigenvalue weighted by Crippen LogP contribution is -2.48. The molecule has 0 spiro atoms. The van der Waals surface area contributed by atoms with Crippen molar-refractivity contribution in [3.63, 3.8) is 0 Å². The number of thiazole rings is 1. The molecule has 9 rings (SSSR count). The van der Waals surface area contributed by atoms with Gasteiger partial charge in [0.1, 0.15) is 42.4 Å². The van der Waals surface area contributed by atoms with Gasteiger partial charge in [0, 0.05) is 79.4 Å². The number of aromatic hydroxyl groups is 1. The number of phenolic OH excluding ortho intramolecular Hbond substituents is 1. The summed E-state index contributed by atoms with van der Waals surface area (Å²) in [6.07, 6.45) is -0.659. The minimum absolute atomic E-state index is 0.0591. The van der Waals surface area contributed by atoms with Crippen molar-refractivity contribution in [3.8, 4) is 49.8 Å². The fourth-order valence-electron chi connectivity index (χ4n) is 8.85. The molecule has 2 fully saturated rings. The number of thiophene rings is 1. The van der Waals surface area contributed by atoms with E-state index in [1.54, 1.807) is 40.9 Å². The molecule has 2 aliphatic rings. The highest BCUT2D eigenvalue weighted by atomic mass is 79.9. The predicted molar refractivity (Wildman–Crippen MR) is 271 cm³/mol. The molecule has 0 saturated carbocycles. The van der Waals surface area contributed by atoms with Gasteiger partial charge in [-0.2, -0.15) is 0 Å². The monoisotopic (exact) mass is 1030 g/mol. The van der Waals surface area contributed by atoms with Crippen molar-refractivity contribution in [2.45, 2.75) is 51.8 Å². The highest BCUT2D eigenvalue weighted by Crippen LogP contribution is 2.47. The number of piperazine rings is 1. The molecular formula is C52H55BrN6O8S2. The molecule has 4 aromatic carbocycles. The molecule has 360 valence electrons. The average molecular weight is 1040 g/mol. The van der Waals surface area contributed by atoms with Gasteiger partial charge in [-0.3, -0.25) is 19.4 Å². The van der Waals surface area contributed by atoms with E-state index in [2.05, 4.69) is 53.3 Å². The summed E-state index contributed by atoms with van der Waals surface area (Å²) in [7, 11) is 0. The minimum atomic E-state index is -0.815. The van der Waals surface area contributed by atoms with Gasteiger partial charge >= 0.3 is 0 Å². The molecule has 5 heterocycles. The zero-order chi connectivity index (χ0) is 48.0. The highest BCUT2D eigenvalue weighted by molar-refractivity contribution is 9.10. The smallest absolute Gasteiger partial charge is 0.254 e. The van der Waals surface area contributed by atoms with Crippen LogP contribution in [0.4, 0.5) is 0 Å². The number of aryl methyl sites for hydroxylation is 1. The van der Waals surface area contributed by atoms with E-state index in [1.165, 1.54) is 4.90 Å². The van der Waals surface area contributed by atoms with Crippen LogP contribution < -0.4 is 19.5 Å². The Kier molecular flexibility index (Phi) is 15.3. The number of carbonyl (C=O) groups excluding carboxylic acids is 2. The van der Waals surface area contributed by atoms with Crippen LogP contribution in [0.25, 0.3) is 31.0 Å². The van der Waals surface area contributed by atoms with Gasteiger partial charge in [-0.05, 0) is 89.3 Å². The van der Waals surface area contributed by atoms with Crippen molar-refractivity contribution < 1.29 is 38.5 Å². The number of nitrogens with zero attached hydrogens (tertiary/aromatic N) is 5. The van der Waals surface area contributed by atoms with E-state index in [0.29, 0.717) is 43.7 Å². The number of halogens is 1. The molecule has 3 atom stereocenters. The fraction of sp³-hybridized carbons (Fsp3) is 0.346. The molecule has 7 aromatic rings. The van der Waals surface area contributed by atoms with E-state index >= 15 is 0 Å². The minimum Gasteiger partial charge on any atom is -0.508 e. The van der Waals surface area contributed by atoms with E-state index < -0.39 is 18.1 Å². The Morgan fingerprint density at radius 1 is 0.870 bits per heavy atom. The number of carbonyl (C=O) groups is 2. The van der Waals surface area contributed by atoms with Crippen molar-refractivity contribution in [2.24, 2.45) is 5.92 Å². The van der Waals surface area contributed by atoms with Gasteiger partial charge in [-0.1, -0.05) is 66.2 Å². The van der Waals surface area contributed by atoms with Crippen molar-refractivity contribution in [3.05, 3.63) is 124 Å². The Balaban J connectivity index is 0.702. The first-order valence-corrected chi connectivity index (χ1v) is 25.7. The molecule has 14 nitrogen and oxygen atoms in total. The molecule has 3 N–H and O–H groups in total. The zero-order valence-electron chi connectivity index (χ0n) is 38.7. The average Bonchev–Trinajstić information content (AvgIpc) is 4.16. The van der Waals surface area contributed by atoms with Gasteiger partial charge in [0.05, 0.1) is 27.1 Å². The number of hydrogen-bond acceptors (Lipinski definition) is 14. The number of likely N-dealkylation sites (tertiary alicyclic amines) is 1. The summed E-state index contributed by atoms with van der Waals surface area (Å²) < 4.78 is 26.3. The van der Waals surface area contributed by atoms with E-state index in [1.807, 2.05) is 93.0 Å². The standard InChI is InChI=1S/C52H55BrN6O8S2/c1-32(2)47(52(63)59-30-39(61)26-43(59)51(62)54-29-34-4-6-35(7-5-34)49-33(3)55-31-68-49)44-28-46(56-67-44)65-25-23-58-20-18-57(19-21-58)22-24-64-40-13-15-41(16-14-40)66-48-42-17-12-38(60)27-45(42)69-50(48)36-8-10-37(53)11-9-36/h4-17,27-28,31-32,39,43,47,60-61H,18-26,29-30H2,1-3H3,(H,54,62)/t39-,43+,47+/m1/s1. The third-order valence-electron chi connectivity index (χ3n) is 12.6. The number of rotatable bonds is 18. The van der Waals surface area contributed by atoms with Crippen molar-refractivity contribution in [1.82, 2.24) is 30.2 Å². The number of aliphatic hydroxyl groups excluding tert-OH is 1. The second kappa shape index (κ2) is 21.9. The Morgan fingerprint density at radius 2 is 1.54 bits per heavy atom. The molecule has 0 bridgehead atoms. The molecule has 3 aromatic heterocycles. The first-order chi connectivity index (χ1) is 33.4. The van der Waals surface area contributed by atoms with Gasteiger partial charge in [0.15, 0.2) is 11.5 Å². The van der Waals surface area contributed by atoms with E-state index in [0.717, 1.165) is 90.9 Å². The van der Waals surface area contributed by atoms with Crippen LogP contribution >= 0.6 is 38.6 Å². The predicted octanol–water partition coefficient (Wildman–Crippen LogP) is 9.34. The van der Waals surface area contributed by atoms with Crippen molar-refractivity contribution >= 4 is 60.5 Å². The number of aliphatic hydroxyl groups is 1. The third kappa shape index (κ3) is 11.6. The SMILES string of the molecule is Cc1ncsc1-c1ccc(CNC(=O)[C@@H]2C[C@@H](O)CN2C(=O)[C@H](c2cc(OCCN3CCN(CCOc4ccc(Oc5c(-c6ccc(Br)cc6)sc6cc(O)ccc56)cc4)CC3)no2)C(C)C)cc1. The van der Waals surface area contributed by atoms with Crippen LogP contribution in [0.3, 0.4) is 0 Å². The van der Waals surface area contributed by atoms with Gasteiger partial charge in [-0.15, -0.1) is 22.7 Å². The lowest BCUT2D eigenvalue weighted by Gasteiger charge is -2.34. The number of benzene rings is 4. The lowest BCUT2D eigenvalue weighted by atomic mass is 9.91. The first kappa shape index (κ1) is 48.2. The molecule has 2 amide bonds. The fourth-order valence-corrected chi connectivity index (χ4v) is 11.1. The van der Waals surface area contributed by atoms with Crippen LogP contribution in [-0.4, -0.2) is 118 Å². The second-order valence-corrected chi connectivity index (χ2v) is 20.6. The van der Waals surface area contributed by atoms with Gasteiger partial charge in [-0.25, -0.2) is 4.98 Å². The summed E-state index contributed by atoms with van der Waals surface area (Å²) in [5.74, 6) is 1.62.